The minimum absolute atomic E-state index is 0.0897. The van der Waals surface area contributed by atoms with Gasteiger partial charge in [-0.15, -0.1) is 0 Å². The maximum Gasteiger partial charge on any atom is 0.287 e. The summed E-state index contributed by atoms with van der Waals surface area (Å²) >= 11 is 0. The number of alkyl halides is 2. The van der Waals surface area contributed by atoms with Crippen molar-refractivity contribution in [2.75, 3.05) is 30.3 Å². The number of aromatic nitrogens is 2. The first-order chi connectivity index (χ1) is 9.30. The molecule has 0 atom stereocenters. The minimum atomic E-state index is -3.17. The van der Waals surface area contributed by atoms with Gasteiger partial charge in [-0.05, 0) is 13.8 Å². The lowest BCUT2D eigenvalue weighted by Gasteiger charge is -2.18. The summed E-state index contributed by atoms with van der Waals surface area (Å²) in [4.78, 5) is 8.66. The van der Waals surface area contributed by atoms with Crippen molar-refractivity contribution in [3.05, 3.63) is 11.4 Å². The Morgan fingerprint density at radius 2 is 1.75 bits per heavy atom. The van der Waals surface area contributed by atoms with Gasteiger partial charge in [-0.25, -0.2) is 18.7 Å². The van der Waals surface area contributed by atoms with Crippen LogP contribution in [0.5, 0.6) is 0 Å². The lowest BCUT2D eigenvalue weighted by atomic mass is 10.2. The Morgan fingerprint density at radius 3 is 2.20 bits per heavy atom. The number of hydrogen-bond donors (Lipinski definition) is 3. The van der Waals surface area contributed by atoms with Gasteiger partial charge in [-0.1, -0.05) is 13.8 Å². The summed E-state index contributed by atoms with van der Waals surface area (Å²) in [5.41, 5.74) is 0.685. The van der Waals surface area contributed by atoms with E-state index in [1.165, 1.54) is 0 Å². The number of nitrogens with one attached hydrogen (secondary N) is 2. The molecular formula is C13H22F2N4O. The first-order valence-corrected chi connectivity index (χ1v) is 6.65. The van der Waals surface area contributed by atoms with Crippen LogP contribution in [0.15, 0.2) is 0 Å². The third-order valence-electron chi connectivity index (χ3n) is 2.77. The molecule has 1 rings (SSSR count). The van der Waals surface area contributed by atoms with Crippen molar-refractivity contribution in [3.63, 3.8) is 0 Å². The molecule has 5 nitrogen and oxygen atoms in total. The van der Waals surface area contributed by atoms with Gasteiger partial charge in [0.15, 0.2) is 0 Å². The van der Waals surface area contributed by atoms with Crippen LogP contribution in [-0.4, -0.2) is 40.7 Å². The number of aliphatic hydroxyl groups excluding tert-OH is 1. The summed E-state index contributed by atoms with van der Waals surface area (Å²) in [6.45, 7) is 6.40. The van der Waals surface area contributed by atoms with Crippen LogP contribution < -0.4 is 10.6 Å². The van der Waals surface area contributed by atoms with E-state index < -0.39 is 19.1 Å². The van der Waals surface area contributed by atoms with Crippen LogP contribution >= 0.6 is 0 Å². The van der Waals surface area contributed by atoms with E-state index in [4.69, 9.17) is 5.11 Å². The van der Waals surface area contributed by atoms with Crippen LogP contribution in [-0.2, 0) is 0 Å². The van der Waals surface area contributed by atoms with E-state index in [0.29, 0.717) is 29.6 Å². The topological polar surface area (TPSA) is 70.1 Å². The van der Waals surface area contributed by atoms with E-state index in [2.05, 4.69) is 20.6 Å². The molecule has 1 aromatic heterocycles. The molecule has 0 unspecified atom stereocenters. The number of nitrogens with zero attached hydrogens (tertiary/aromatic N) is 2. The van der Waals surface area contributed by atoms with Gasteiger partial charge in [-0.3, -0.25) is 0 Å². The molecule has 0 saturated heterocycles. The van der Waals surface area contributed by atoms with Gasteiger partial charge in [0.1, 0.15) is 24.1 Å². The van der Waals surface area contributed by atoms with E-state index in [1.807, 2.05) is 20.8 Å². The molecule has 114 valence electrons. The van der Waals surface area contributed by atoms with Crippen LogP contribution in [0.25, 0.3) is 0 Å². The van der Waals surface area contributed by atoms with Crippen molar-refractivity contribution in [1.29, 1.82) is 0 Å². The Balaban J connectivity index is 3.04. The summed E-state index contributed by atoms with van der Waals surface area (Å²) in [6.07, 6.45) is 0. The molecule has 1 aromatic rings. The number of hydrogen-bond acceptors (Lipinski definition) is 5. The zero-order valence-corrected chi connectivity index (χ0v) is 12.3. The minimum Gasteiger partial charge on any atom is -0.390 e. The van der Waals surface area contributed by atoms with Crippen molar-refractivity contribution in [3.8, 4) is 0 Å². The molecule has 7 heteroatoms. The van der Waals surface area contributed by atoms with Crippen molar-refractivity contribution in [2.24, 2.45) is 0 Å². The zero-order chi connectivity index (χ0) is 15.3. The van der Waals surface area contributed by atoms with Gasteiger partial charge < -0.3 is 15.7 Å². The normalized spacial score (nSPS) is 11.8. The van der Waals surface area contributed by atoms with E-state index >= 15 is 0 Å². The van der Waals surface area contributed by atoms with E-state index in [0.717, 1.165) is 0 Å². The lowest BCUT2D eigenvalue weighted by molar-refractivity contribution is -0.0373. The molecular weight excluding hydrogens is 266 g/mol. The fraction of sp³-hybridized carbons (Fsp3) is 0.692. The van der Waals surface area contributed by atoms with Crippen LogP contribution in [0, 0.1) is 6.92 Å². The molecule has 0 fully saturated rings. The molecule has 0 spiro atoms. The number of rotatable bonds is 7. The second-order valence-electron chi connectivity index (χ2n) is 4.96. The zero-order valence-electron chi connectivity index (χ0n) is 12.3. The van der Waals surface area contributed by atoms with Crippen LogP contribution in [0.1, 0.15) is 38.1 Å². The van der Waals surface area contributed by atoms with Crippen molar-refractivity contribution < 1.29 is 13.9 Å². The SMILES string of the molecule is CCNc1nc(C(C)C)nc(NCC(F)(F)CO)c1C. The summed E-state index contributed by atoms with van der Waals surface area (Å²) in [5, 5.41) is 14.3. The van der Waals surface area contributed by atoms with Crippen molar-refractivity contribution in [2.45, 2.75) is 39.5 Å². The molecule has 1 heterocycles. The second kappa shape index (κ2) is 6.78. The van der Waals surface area contributed by atoms with Gasteiger partial charge in [0.05, 0.1) is 6.54 Å². The maximum atomic E-state index is 13.1. The number of anilines is 2. The first-order valence-electron chi connectivity index (χ1n) is 6.65. The average molecular weight is 288 g/mol. The Morgan fingerprint density at radius 1 is 1.20 bits per heavy atom. The number of aliphatic hydroxyl groups is 1. The highest BCUT2D eigenvalue weighted by Crippen LogP contribution is 2.24. The molecule has 0 amide bonds. The Bertz CT molecular complexity index is 452. The van der Waals surface area contributed by atoms with E-state index in [-0.39, 0.29) is 5.92 Å². The molecule has 0 bridgehead atoms. The van der Waals surface area contributed by atoms with Crippen molar-refractivity contribution >= 4 is 11.6 Å². The van der Waals surface area contributed by atoms with Crippen LogP contribution in [0.3, 0.4) is 0 Å². The Labute approximate surface area is 117 Å². The second-order valence-corrected chi connectivity index (χ2v) is 4.96. The third-order valence-corrected chi connectivity index (χ3v) is 2.77. The fourth-order valence-electron chi connectivity index (χ4n) is 1.57. The van der Waals surface area contributed by atoms with Crippen LogP contribution in [0.4, 0.5) is 20.4 Å². The molecule has 0 aliphatic rings. The predicted octanol–water partition coefficient (Wildman–Crippen LogP) is 2.38. The maximum absolute atomic E-state index is 13.1. The number of halogens is 2. The highest BCUT2D eigenvalue weighted by atomic mass is 19.3. The predicted molar refractivity (Wildman–Crippen MR) is 75.5 cm³/mol. The Kier molecular flexibility index (Phi) is 5.62. The summed E-state index contributed by atoms with van der Waals surface area (Å²) in [7, 11) is 0. The average Bonchev–Trinajstić information content (AvgIpc) is 2.39. The smallest absolute Gasteiger partial charge is 0.287 e. The van der Waals surface area contributed by atoms with E-state index in [9.17, 15) is 8.78 Å². The van der Waals surface area contributed by atoms with Gasteiger partial charge >= 0.3 is 0 Å². The highest BCUT2D eigenvalue weighted by Gasteiger charge is 2.28. The first kappa shape index (κ1) is 16.6. The molecule has 0 radical (unpaired) electrons. The highest BCUT2D eigenvalue weighted by molar-refractivity contribution is 5.57. The molecule has 0 saturated carbocycles. The molecule has 0 aliphatic heterocycles. The van der Waals surface area contributed by atoms with Gasteiger partial charge in [-0.2, -0.15) is 0 Å². The monoisotopic (exact) mass is 288 g/mol. The Hall–Kier alpha value is -1.50. The molecule has 20 heavy (non-hydrogen) atoms. The van der Waals surface area contributed by atoms with Crippen molar-refractivity contribution in [1.82, 2.24) is 9.97 Å². The fourth-order valence-corrected chi connectivity index (χ4v) is 1.57. The summed E-state index contributed by atoms with van der Waals surface area (Å²) < 4.78 is 26.2. The molecule has 0 aromatic carbocycles. The van der Waals surface area contributed by atoms with Gasteiger partial charge in [0, 0.05) is 18.0 Å². The third kappa shape index (κ3) is 4.26. The van der Waals surface area contributed by atoms with E-state index in [1.54, 1.807) is 6.92 Å². The quantitative estimate of drug-likeness (QED) is 0.718. The van der Waals surface area contributed by atoms with Gasteiger partial charge in [0.2, 0.25) is 0 Å². The summed E-state index contributed by atoms with van der Waals surface area (Å²) in [6, 6.07) is 0. The van der Waals surface area contributed by atoms with Gasteiger partial charge in [0.25, 0.3) is 5.92 Å². The largest absolute Gasteiger partial charge is 0.390 e. The lowest BCUT2D eigenvalue weighted by Crippen LogP contribution is -2.31. The summed E-state index contributed by atoms with van der Waals surface area (Å²) in [5.74, 6) is -1.49. The standard InChI is InChI=1S/C13H22F2N4O/c1-5-16-11-9(4)12(17-6-13(14,15)7-20)19-10(18-11)8(2)3/h8,20H,5-7H2,1-4H3,(H2,16,17,18,19). The van der Waals surface area contributed by atoms with Crippen LogP contribution in [0.2, 0.25) is 0 Å². The molecule has 3 N–H and O–H groups in total. The molecule has 0 aliphatic carbocycles.